The highest BCUT2D eigenvalue weighted by atomic mass is 35.5. The molecule has 0 N–H and O–H groups in total. The third-order valence-corrected chi connectivity index (χ3v) is 3.71. The second-order valence-corrected chi connectivity index (χ2v) is 5.08. The molecular weight excluding hydrogens is 289 g/mol. The van der Waals surface area contributed by atoms with Crippen molar-refractivity contribution >= 4 is 35.0 Å². The summed E-state index contributed by atoms with van der Waals surface area (Å²) in [5.41, 5.74) is 0.809. The number of rotatable bonds is 4. The molecule has 2 aromatic rings. The summed E-state index contributed by atoms with van der Waals surface area (Å²) in [4.78, 5) is 5.29. The van der Waals surface area contributed by atoms with Gasteiger partial charge in [-0.15, -0.1) is 23.4 Å². The molecule has 0 atom stereocenters. The maximum atomic E-state index is 5.93. The number of nitrogens with zero attached hydrogens (tertiary/aromatic N) is 1. The molecule has 1 aromatic heterocycles. The van der Waals surface area contributed by atoms with Gasteiger partial charge in [0.05, 0.1) is 5.02 Å². The van der Waals surface area contributed by atoms with Crippen molar-refractivity contribution in [2.24, 2.45) is 0 Å². The van der Waals surface area contributed by atoms with Gasteiger partial charge < -0.3 is 4.74 Å². The lowest BCUT2D eigenvalue weighted by molar-refractivity contribution is 0.462. The van der Waals surface area contributed by atoms with E-state index in [9.17, 15) is 0 Å². The lowest BCUT2D eigenvalue weighted by atomic mass is 10.3. The van der Waals surface area contributed by atoms with E-state index in [0.717, 1.165) is 11.3 Å². The van der Waals surface area contributed by atoms with Gasteiger partial charge in [-0.05, 0) is 36.1 Å². The monoisotopic (exact) mass is 299 g/mol. The highest BCUT2D eigenvalue weighted by Gasteiger charge is 2.04. The van der Waals surface area contributed by atoms with E-state index in [2.05, 4.69) is 4.98 Å². The van der Waals surface area contributed by atoms with E-state index in [1.165, 1.54) is 4.90 Å². The molecule has 0 aliphatic heterocycles. The van der Waals surface area contributed by atoms with Crippen molar-refractivity contribution < 1.29 is 4.74 Å². The second-order valence-electron chi connectivity index (χ2n) is 3.53. The summed E-state index contributed by atoms with van der Waals surface area (Å²) >= 11 is 13.4. The van der Waals surface area contributed by atoms with E-state index in [-0.39, 0.29) is 0 Å². The Morgan fingerprint density at radius 1 is 1.28 bits per heavy atom. The number of alkyl halides is 1. The van der Waals surface area contributed by atoms with E-state index in [1.807, 2.05) is 30.5 Å². The normalized spacial score (nSPS) is 10.4. The van der Waals surface area contributed by atoms with Crippen LogP contribution in [0.1, 0.15) is 5.56 Å². The largest absolute Gasteiger partial charge is 0.439 e. The van der Waals surface area contributed by atoms with E-state index in [4.69, 9.17) is 27.9 Å². The number of benzene rings is 1. The van der Waals surface area contributed by atoms with Gasteiger partial charge in [0.2, 0.25) is 5.88 Å². The molecule has 2 rings (SSSR count). The highest BCUT2D eigenvalue weighted by molar-refractivity contribution is 7.98. The van der Waals surface area contributed by atoms with Crippen LogP contribution in [0.25, 0.3) is 0 Å². The number of hydrogen-bond acceptors (Lipinski definition) is 3. The first-order valence-corrected chi connectivity index (χ1v) is 7.39. The minimum absolute atomic E-state index is 0.336. The Morgan fingerprint density at radius 3 is 2.61 bits per heavy atom. The van der Waals surface area contributed by atoms with Crippen molar-refractivity contribution in [3.8, 4) is 11.6 Å². The minimum Gasteiger partial charge on any atom is -0.439 e. The summed E-state index contributed by atoms with van der Waals surface area (Å²) in [5, 5.41) is 0.551. The summed E-state index contributed by atoms with van der Waals surface area (Å²) in [5.74, 6) is 1.57. The molecule has 0 aliphatic rings. The van der Waals surface area contributed by atoms with Crippen LogP contribution in [-0.4, -0.2) is 11.2 Å². The Hall–Kier alpha value is -0.900. The maximum Gasteiger partial charge on any atom is 0.219 e. The van der Waals surface area contributed by atoms with Crippen LogP contribution in [0, 0.1) is 0 Å². The third-order valence-electron chi connectivity index (χ3n) is 2.34. The predicted octanol–water partition coefficient (Wildman–Crippen LogP) is 4.99. The van der Waals surface area contributed by atoms with Gasteiger partial charge in [0, 0.05) is 23.0 Å². The number of aromatic nitrogens is 1. The molecular formula is C13H11Cl2NOS. The first-order chi connectivity index (χ1) is 8.72. The highest BCUT2D eigenvalue weighted by Crippen LogP contribution is 2.26. The molecule has 0 radical (unpaired) electrons. The van der Waals surface area contributed by atoms with Crippen molar-refractivity contribution in [2.75, 3.05) is 6.26 Å². The molecule has 0 bridgehead atoms. The summed E-state index contributed by atoms with van der Waals surface area (Å²) in [7, 11) is 0. The Kier molecular flexibility index (Phi) is 4.75. The number of hydrogen-bond donors (Lipinski definition) is 0. The van der Waals surface area contributed by atoms with Crippen LogP contribution in [0.2, 0.25) is 5.02 Å². The molecule has 94 valence electrons. The van der Waals surface area contributed by atoms with Gasteiger partial charge in [0.15, 0.2) is 0 Å². The van der Waals surface area contributed by atoms with Crippen LogP contribution in [0.5, 0.6) is 11.6 Å². The van der Waals surface area contributed by atoms with Crippen LogP contribution in [0.15, 0.2) is 41.4 Å². The summed E-state index contributed by atoms with van der Waals surface area (Å²) in [6.07, 6.45) is 3.58. The summed E-state index contributed by atoms with van der Waals surface area (Å²) in [6.45, 7) is 0. The van der Waals surface area contributed by atoms with Crippen LogP contribution in [0.3, 0.4) is 0 Å². The van der Waals surface area contributed by atoms with Gasteiger partial charge in [0.25, 0.3) is 0 Å². The van der Waals surface area contributed by atoms with Gasteiger partial charge in [-0.25, -0.2) is 4.98 Å². The first-order valence-electron chi connectivity index (χ1n) is 5.25. The molecule has 2 nitrogen and oxygen atoms in total. The average molecular weight is 300 g/mol. The fourth-order valence-corrected chi connectivity index (χ4v) is 2.25. The number of halogens is 2. The summed E-state index contributed by atoms with van der Waals surface area (Å²) < 4.78 is 5.64. The standard InChI is InChI=1S/C13H11Cl2NOS/c1-18-11-4-2-10(3-5-11)17-13-6-9(7-14)12(15)8-16-13/h2-6,8H,7H2,1H3. The third kappa shape index (κ3) is 3.31. The Labute approximate surface area is 120 Å². The van der Waals surface area contributed by atoms with Gasteiger partial charge in [-0.3, -0.25) is 0 Å². The van der Waals surface area contributed by atoms with Crippen molar-refractivity contribution in [3.63, 3.8) is 0 Å². The van der Waals surface area contributed by atoms with E-state index >= 15 is 0 Å². The van der Waals surface area contributed by atoms with Crippen LogP contribution in [-0.2, 0) is 5.88 Å². The zero-order chi connectivity index (χ0) is 13.0. The molecule has 0 spiro atoms. The molecule has 0 amide bonds. The lowest BCUT2D eigenvalue weighted by Gasteiger charge is -2.07. The van der Waals surface area contributed by atoms with Gasteiger partial charge >= 0.3 is 0 Å². The molecule has 5 heteroatoms. The average Bonchev–Trinajstić information content (AvgIpc) is 2.42. The molecule has 18 heavy (non-hydrogen) atoms. The zero-order valence-electron chi connectivity index (χ0n) is 9.69. The van der Waals surface area contributed by atoms with Crippen LogP contribution in [0.4, 0.5) is 0 Å². The number of ether oxygens (including phenoxy) is 1. The van der Waals surface area contributed by atoms with E-state index in [0.29, 0.717) is 16.8 Å². The van der Waals surface area contributed by atoms with E-state index < -0.39 is 0 Å². The van der Waals surface area contributed by atoms with Crippen molar-refractivity contribution in [1.29, 1.82) is 0 Å². The first kappa shape index (κ1) is 13.5. The quantitative estimate of drug-likeness (QED) is 0.586. The number of pyridine rings is 1. The molecule has 0 aliphatic carbocycles. The van der Waals surface area contributed by atoms with Gasteiger partial charge in [-0.1, -0.05) is 11.6 Å². The Morgan fingerprint density at radius 2 is 2.00 bits per heavy atom. The number of thioether (sulfide) groups is 1. The molecule has 0 fully saturated rings. The molecule has 0 saturated heterocycles. The van der Waals surface area contributed by atoms with Crippen LogP contribution >= 0.6 is 35.0 Å². The minimum atomic E-state index is 0.336. The lowest BCUT2D eigenvalue weighted by Crippen LogP contribution is -1.90. The van der Waals surface area contributed by atoms with Crippen molar-refractivity contribution in [1.82, 2.24) is 4.98 Å². The molecule has 0 saturated carbocycles. The Bertz CT molecular complexity index is 531. The van der Waals surface area contributed by atoms with E-state index in [1.54, 1.807) is 24.0 Å². The second kappa shape index (κ2) is 6.32. The molecule has 1 heterocycles. The topological polar surface area (TPSA) is 22.1 Å². The Balaban J connectivity index is 2.17. The molecule has 1 aromatic carbocycles. The van der Waals surface area contributed by atoms with Gasteiger partial charge in [-0.2, -0.15) is 0 Å². The summed E-state index contributed by atoms with van der Waals surface area (Å²) in [6, 6.07) is 9.56. The van der Waals surface area contributed by atoms with Gasteiger partial charge in [0.1, 0.15) is 5.75 Å². The predicted molar refractivity (Wildman–Crippen MR) is 77.1 cm³/mol. The van der Waals surface area contributed by atoms with Crippen LogP contribution < -0.4 is 4.74 Å². The molecule has 0 unspecified atom stereocenters. The zero-order valence-corrected chi connectivity index (χ0v) is 12.0. The SMILES string of the molecule is CSc1ccc(Oc2cc(CCl)c(Cl)cn2)cc1. The fourth-order valence-electron chi connectivity index (χ4n) is 1.38. The smallest absolute Gasteiger partial charge is 0.219 e. The fraction of sp³-hybridized carbons (Fsp3) is 0.154. The van der Waals surface area contributed by atoms with Crippen molar-refractivity contribution in [3.05, 3.63) is 47.1 Å². The van der Waals surface area contributed by atoms with Crippen molar-refractivity contribution in [2.45, 2.75) is 10.8 Å². The maximum absolute atomic E-state index is 5.93.